The molecule has 94 valence electrons. The molecular formula is C14H15BrN2O. The number of nitrogens with zero attached hydrogens (tertiary/aromatic N) is 1. The summed E-state index contributed by atoms with van der Waals surface area (Å²) >= 11 is 3.42. The standard InChI is InChI=1S/C14H15BrN2O/c15-11-3-1-10(2-4-11)13-9-17-14(18-13)7-8-16-12-5-6-12/h1-4,9,12,16H,5-8H2. The third-order valence-corrected chi connectivity index (χ3v) is 3.56. The predicted molar refractivity (Wildman–Crippen MR) is 74.4 cm³/mol. The summed E-state index contributed by atoms with van der Waals surface area (Å²) in [5.74, 6) is 1.64. The maximum absolute atomic E-state index is 5.75. The van der Waals surface area contributed by atoms with E-state index in [1.54, 1.807) is 6.20 Å². The Bertz CT molecular complexity index is 517. The highest BCUT2D eigenvalue weighted by atomic mass is 79.9. The molecule has 18 heavy (non-hydrogen) atoms. The minimum atomic E-state index is 0.742. The molecule has 0 unspecified atom stereocenters. The Morgan fingerprint density at radius 3 is 2.78 bits per heavy atom. The highest BCUT2D eigenvalue weighted by Crippen LogP contribution is 2.23. The Morgan fingerprint density at radius 2 is 2.06 bits per heavy atom. The summed E-state index contributed by atoms with van der Waals surface area (Å²) < 4.78 is 6.81. The molecule has 0 atom stereocenters. The van der Waals surface area contributed by atoms with Gasteiger partial charge in [0.05, 0.1) is 6.20 Å². The van der Waals surface area contributed by atoms with Gasteiger partial charge in [0, 0.05) is 29.0 Å². The first kappa shape index (κ1) is 11.9. The molecule has 0 amide bonds. The molecule has 1 aliphatic carbocycles. The fourth-order valence-corrected chi connectivity index (χ4v) is 2.11. The Labute approximate surface area is 115 Å². The van der Waals surface area contributed by atoms with Crippen molar-refractivity contribution in [2.75, 3.05) is 6.54 Å². The molecule has 3 rings (SSSR count). The molecule has 4 heteroatoms. The van der Waals surface area contributed by atoms with Crippen LogP contribution in [-0.2, 0) is 6.42 Å². The molecular weight excluding hydrogens is 292 g/mol. The maximum Gasteiger partial charge on any atom is 0.196 e. The minimum absolute atomic E-state index is 0.742. The summed E-state index contributed by atoms with van der Waals surface area (Å²) in [6.07, 6.45) is 5.29. The van der Waals surface area contributed by atoms with Crippen molar-refractivity contribution >= 4 is 15.9 Å². The van der Waals surface area contributed by atoms with Gasteiger partial charge in [-0.1, -0.05) is 28.1 Å². The summed E-state index contributed by atoms with van der Waals surface area (Å²) in [4.78, 5) is 4.31. The van der Waals surface area contributed by atoms with Crippen LogP contribution in [0.5, 0.6) is 0 Å². The SMILES string of the molecule is Brc1ccc(-c2cnc(CCNC3CC3)o2)cc1. The lowest BCUT2D eigenvalue weighted by Gasteiger charge is -1.99. The molecule has 1 heterocycles. The van der Waals surface area contributed by atoms with Crippen LogP contribution in [0.1, 0.15) is 18.7 Å². The van der Waals surface area contributed by atoms with E-state index in [0.29, 0.717) is 0 Å². The Balaban J connectivity index is 1.62. The van der Waals surface area contributed by atoms with E-state index in [9.17, 15) is 0 Å². The molecule has 1 aromatic heterocycles. The molecule has 0 aliphatic heterocycles. The van der Waals surface area contributed by atoms with Crippen molar-refractivity contribution in [3.63, 3.8) is 0 Å². The fraction of sp³-hybridized carbons (Fsp3) is 0.357. The zero-order chi connectivity index (χ0) is 12.4. The van der Waals surface area contributed by atoms with E-state index in [1.165, 1.54) is 12.8 Å². The van der Waals surface area contributed by atoms with Crippen LogP contribution in [0.3, 0.4) is 0 Å². The molecule has 0 bridgehead atoms. The number of hydrogen-bond acceptors (Lipinski definition) is 3. The predicted octanol–water partition coefficient (Wildman–Crippen LogP) is 3.40. The largest absolute Gasteiger partial charge is 0.441 e. The van der Waals surface area contributed by atoms with Crippen molar-refractivity contribution in [2.45, 2.75) is 25.3 Å². The normalized spacial score (nSPS) is 14.9. The van der Waals surface area contributed by atoms with Gasteiger partial charge in [0.2, 0.25) is 0 Å². The van der Waals surface area contributed by atoms with Crippen LogP contribution in [-0.4, -0.2) is 17.6 Å². The van der Waals surface area contributed by atoms with Crippen LogP contribution < -0.4 is 5.32 Å². The topological polar surface area (TPSA) is 38.1 Å². The van der Waals surface area contributed by atoms with Crippen LogP contribution in [0, 0.1) is 0 Å². The Hall–Kier alpha value is -1.13. The first-order valence-electron chi connectivity index (χ1n) is 6.25. The lowest BCUT2D eigenvalue weighted by molar-refractivity contribution is 0.494. The van der Waals surface area contributed by atoms with Crippen molar-refractivity contribution in [3.05, 3.63) is 40.8 Å². The zero-order valence-corrected chi connectivity index (χ0v) is 11.6. The lowest BCUT2D eigenvalue weighted by Crippen LogP contribution is -2.19. The number of halogens is 1. The third kappa shape index (κ3) is 3.00. The van der Waals surface area contributed by atoms with Gasteiger partial charge in [-0.2, -0.15) is 0 Å². The second kappa shape index (κ2) is 5.24. The Kier molecular flexibility index (Phi) is 3.48. The zero-order valence-electron chi connectivity index (χ0n) is 10.0. The van der Waals surface area contributed by atoms with Crippen LogP contribution in [0.15, 0.2) is 39.4 Å². The van der Waals surface area contributed by atoms with Crippen molar-refractivity contribution in [1.82, 2.24) is 10.3 Å². The van der Waals surface area contributed by atoms with Crippen LogP contribution in [0.4, 0.5) is 0 Å². The quantitative estimate of drug-likeness (QED) is 0.920. The minimum Gasteiger partial charge on any atom is -0.441 e. The first-order valence-corrected chi connectivity index (χ1v) is 7.04. The number of aromatic nitrogens is 1. The molecule has 1 saturated carbocycles. The van der Waals surface area contributed by atoms with E-state index in [0.717, 1.165) is 40.7 Å². The van der Waals surface area contributed by atoms with Crippen LogP contribution >= 0.6 is 15.9 Å². The molecule has 2 aromatic rings. The molecule has 1 aliphatic rings. The molecule has 1 aromatic carbocycles. The smallest absolute Gasteiger partial charge is 0.196 e. The summed E-state index contributed by atoms with van der Waals surface area (Å²) in [7, 11) is 0. The number of nitrogens with one attached hydrogen (secondary N) is 1. The first-order chi connectivity index (χ1) is 8.81. The van der Waals surface area contributed by atoms with Crippen LogP contribution in [0.2, 0.25) is 0 Å². The van der Waals surface area contributed by atoms with Gasteiger partial charge in [-0.25, -0.2) is 4.98 Å². The van der Waals surface area contributed by atoms with E-state index in [-0.39, 0.29) is 0 Å². The van der Waals surface area contributed by atoms with Gasteiger partial charge in [0.25, 0.3) is 0 Å². The van der Waals surface area contributed by atoms with Crippen LogP contribution in [0.25, 0.3) is 11.3 Å². The van der Waals surface area contributed by atoms with Crippen molar-refractivity contribution in [3.8, 4) is 11.3 Å². The molecule has 0 saturated heterocycles. The van der Waals surface area contributed by atoms with Gasteiger partial charge in [0.1, 0.15) is 0 Å². The van der Waals surface area contributed by atoms with Gasteiger partial charge >= 0.3 is 0 Å². The molecule has 0 spiro atoms. The maximum atomic E-state index is 5.75. The monoisotopic (exact) mass is 306 g/mol. The van der Waals surface area contributed by atoms with Crippen molar-refractivity contribution in [1.29, 1.82) is 0 Å². The third-order valence-electron chi connectivity index (χ3n) is 3.03. The van der Waals surface area contributed by atoms with E-state index >= 15 is 0 Å². The summed E-state index contributed by atoms with van der Waals surface area (Å²) in [6, 6.07) is 8.80. The number of oxazole rings is 1. The molecule has 0 radical (unpaired) electrons. The highest BCUT2D eigenvalue weighted by Gasteiger charge is 2.20. The van der Waals surface area contributed by atoms with E-state index in [2.05, 4.69) is 26.2 Å². The lowest BCUT2D eigenvalue weighted by atomic mass is 10.2. The average Bonchev–Trinajstić information content (AvgIpc) is 3.08. The molecule has 1 N–H and O–H groups in total. The summed E-state index contributed by atoms with van der Waals surface area (Å²) in [5, 5.41) is 3.46. The van der Waals surface area contributed by atoms with E-state index in [1.807, 2.05) is 24.3 Å². The number of hydrogen-bond donors (Lipinski definition) is 1. The van der Waals surface area contributed by atoms with Crippen molar-refractivity contribution in [2.24, 2.45) is 0 Å². The average molecular weight is 307 g/mol. The van der Waals surface area contributed by atoms with Gasteiger partial charge in [-0.3, -0.25) is 0 Å². The highest BCUT2D eigenvalue weighted by molar-refractivity contribution is 9.10. The second-order valence-corrected chi connectivity index (χ2v) is 5.52. The van der Waals surface area contributed by atoms with Gasteiger partial charge in [-0.15, -0.1) is 0 Å². The second-order valence-electron chi connectivity index (χ2n) is 4.60. The Morgan fingerprint density at radius 1 is 1.28 bits per heavy atom. The number of rotatable bonds is 5. The summed E-state index contributed by atoms with van der Waals surface area (Å²) in [5.41, 5.74) is 1.06. The number of benzene rings is 1. The molecule has 3 nitrogen and oxygen atoms in total. The van der Waals surface area contributed by atoms with Gasteiger partial charge in [0.15, 0.2) is 11.7 Å². The van der Waals surface area contributed by atoms with E-state index in [4.69, 9.17) is 4.42 Å². The van der Waals surface area contributed by atoms with Gasteiger partial charge in [-0.05, 0) is 25.0 Å². The fourth-order valence-electron chi connectivity index (χ4n) is 1.84. The van der Waals surface area contributed by atoms with Gasteiger partial charge < -0.3 is 9.73 Å². The van der Waals surface area contributed by atoms with Crippen molar-refractivity contribution < 1.29 is 4.42 Å². The van der Waals surface area contributed by atoms with E-state index < -0.39 is 0 Å². The summed E-state index contributed by atoms with van der Waals surface area (Å²) in [6.45, 7) is 0.949. The molecule has 1 fully saturated rings.